The smallest absolute Gasteiger partial charge is 0.338 e. The van der Waals surface area contributed by atoms with Gasteiger partial charge in [-0.3, -0.25) is 4.79 Å². The van der Waals surface area contributed by atoms with Crippen molar-refractivity contribution < 1.29 is 14.3 Å². The fraction of sp³-hybridized carbons (Fsp3) is 0.500. The van der Waals surface area contributed by atoms with Crippen LogP contribution in [0.3, 0.4) is 0 Å². The Hall–Kier alpha value is -2.44. The lowest BCUT2D eigenvalue weighted by Gasteiger charge is -2.17. The first kappa shape index (κ1) is 16.9. The summed E-state index contributed by atoms with van der Waals surface area (Å²) in [5.74, 6) is -0.541. The number of amides is 1. The van der Waals surface area contributed by atoms with Gasteiger partial charge in [-0.15, -0.1) is 5.10 Å². The molecule has 0 saturated heterocycles. The van der Waals surface area contributed by atoms with Crippen LogP contribution >= 0.6 is 0 Å². The van der Waals surface area contributed by atoms with Gasteiger partial charge in [-0.2, -0.15) is 0 Å². The van der Waals surface area contributed by atoms with E-state index in [9.17, 15) is 9.59 Å². The molecule has 0 unspecified atom stereocenters. The van der Waals surface area contributed by atoms with Crippen molar-refractivity contribution in [2.45, 2.75) is 40.3 Å². The average molecular weight is 318 g/mol. The fourth-order valence-electron chi connectivity index (χ4n) is 2.01. The maximum Gasteiger partial charge on any atom is 0.338 e. The first-order valence-corrected chi connectivity index (χ1v) is 7.72. The van der Waals surface area contributed by atoms with Crippen LogP contribution in [-0.4, -0.2) is 39.5 Å². The van der Waals surface area contributed by atoms with E-state index in [1.54, 1.807) is 22.9 Å². The van der Waals surface area contributed by atoms with Crippen molar-refractivity contribution in [3.8, 4) is 0 Å². The van der Waals surface area contributed by atoms with Gasteiger partial charge in [-0.1, -0.05) is 19.1 Å². The molecule has 0 radical (unpaired) electrons. The summed E-state index contributed by atoms with van der Waals surface area (Å²) in [7, 11) is 0. The summed E-state index contributed by atoms with van der Waals surface area (Å²) in [6.45, 7) is 8.30. The zero-order valence-corrected chi connectivity index (χ0v) is 13.9. The van der Waals surface area contributed by atoms with Crippen LogP contribution in [0.1, 0.15) is 38.1 Å². The van der Waals surface area contributed by atoms with Gasteiger partial charge in [0.2, 0.25) is 0 Å². The zero-order valence-electron chi connectivity index (χ0n) is 13.9. The molecule has 0 spiro atoms. The molecule has 1 heterocycles. The molecule has 0 fully saturated rings. The Morgan fingerprint density at radius 3 is 2.70 bits per heavy atom. The minimum Gasteiger partial charge on any atom is -0.452 e. The largest absolute Gasteiger partial charge is 0.452 e. The lowest BCUT2D eigenvalue weighted by Crippen LogP contribution is -2.38. The Kier molecular flexibility index (Phi) is 5.31. The van der Waals surface area contributed by atoms with E-state index in [1.807, 2.05) is 27.7 Å². The Morgan fingerprint density at radius 1 is 1.30 bits per heavy atom. The normalized spacial score (nSPS) is 12.4. The summed E-state index contributed by atoms with van der Waals surface area (Å²) in [6, 6.07) is 5.07. The Bertz CT molecular complexity index is 708. The number of rotatable bonds is 6. The Balaban J connectivity index is 1.97. The number of hydrogen-bond donors (Lipinski definition) is 1. The summed E-state index contributed by atoms with van der Waals surface area (Å²) in [5, 5.41) is 10.8. The maximum atomic E-state index is 12.0. The van der Waals surface area contributed by atoms with Gasteiger partial charge in [-0.05, 0) is 38.0 Å². The third kappa shape index (κ3) is 4.06. The number of carbonyl (C=O) groups excluding carboxylic acids is 2. The van der Waals surface area contributed by atoms with Crippen LogP contribution in [0.5, 0.6) is 0 Å². The molecule has 0 aliphatic heterocycles. The zero-order chi connectivity index (χ0) is 17.0. The molecule has 23 heavy (non-hydrogen) atoms. The average Bonchev–Trinajstić information content (AvgIpc) is 2.94. The number of ether oxygens (including phenoxy) is 1. The van der Waals surface area contributed by atoms with E-state index in [4.69, 9.17) is 4.74 Å². The minimum atomic E-state index is -0.551. The molecule has 1 aromatic carbocycles. The summed E-state index contributed by atoms with van der Waals surface area (Å²) >= 11 is 0. The molecule has 1 aromatic heterocycles. The number of nitrogens with one attached hydrogen (secondary N) is 1. The van der Waals surface area contributed by atoms with Crippen LogP contribution in [0.25, 0.3) is 11.0 Å². The highest BCUT2D eigenvalue weighted by molar-refractivity contribution is 5.94. The SMILES string of the molecule is CCn1nnc2cc(C(=O)OCC(=O)N[C@@H](C)C(C)C)ccc21. The molecule has 2 rings (SSSR count). The molecular weight excluding hydrogens is 296 g/mol. The number of nitrogens with zero attached hydrogens (tertiary/aromatic N) is 3. The number of aryl methyl sites for hydroxylation is 1. The van der Waals surface area contributed by atoms with Crippen molar-refractivity contribution in [1.82, 2.24) is 20.3 Å². The summed E-state index contributed by atoms with van der Waals surface area (Å²) < 4.78 is 6.79. The lowest BCUT2D eigenvalue weighted by molar-refractivity contribution is -0.125. The van der Waals surface area contributed by atoms with Gasteiger partial charge in [-0.25, -0.2) is 9.48 Å². The Morgan fingerprint density at radius 2 is 2.04 bits per heavy atom. The van der Waals surface area contributed by atoms with Gasteiger partial charge in [0, 0.05) is 12.6 Å². The van der Waals surface area contributed by atoms with Crippen molar-refractivity contribution >= 4 is 22.9 Å². The topological polar surface area (TPSA) is 86.1 Å². The van der Waals surface area contributed by atoms with Gasteiger partial charge >= 0.3 is 5.97 Å². The number of carbonyl (C=O) groups is 2. The van der Waals surface area contributed by atoms with E-state index in [1.165, 1.54) is 0 Å². The van der Waals surface area contributed by atoms with Gasteiger partial charge in [0.05, 0.1) is 11.1 Å². The highest BCUT2D eigenvalue weighted by Gasteiger charge is 2.15. The van der Waals surface area contributed by atoms with Crippen LogP contribution in [0.4, 0.5) is 0 Å². The van der Waals surface area contributed by atoms with Crippen molar-refractivity contribution in [2.75, 3.05) is 6.61 Å². The number of aromatic nitrogens is 3. The molecule has 124 valence electrons. The van der Waals surface area contributed by atoms with Gasteiger partial charge < -0.3 is 10.1 Å². The van der Waals surface area contributed by atoms with Crippen LogP contribution in [0, 0.1) is 5.92 Å². The van der Waals surface area contributed by atoms with E-state index in [0.29, 0.717) is 23.5 Å². The van der Waals surface area contributed by atoms with E-state index in [2.05, 4.69) is 15.6 Å². The highest BCUT2D eigenvalue weighted by Crippen LogP contribution is 2.14. The van der Waals surface area contributed by atoms with Crippen LogP contribution in [0.15, 0.2) is 18.2 Å². The Labute approximate surface area is 135 Å². The standard InChI is InChI=1S/C16H22N4O3/c1-5-20-14-7-6-12(8-13(14)18-19-20)16(22)23-9-15(21)17-11(4)10(2)3/h6-8,10-11H,5,9H2,1-4H3,(H,17,21)/t11-/m0/s1. The van der Waals surface area contributed by atoms with Gasteiger partial charge in [0.15, 0.2) is 6.61 Å². The maximum absolute atomic E-state index is 12.0. The second kappa shape index (κ2) is 7.21. The second-order valence-corrected chi connectivity index (χ2v) is 5.79. The second-order valence-electron chi connectivity index (χ2n) is 5.79. The molecule has 0 saturated carbocycles. The minimum absolute atomic E-state index is 0.0293. The molecule has 1 N–H and O–H groups in total. The molecule has 0 aliphatic rings. The third-order valence-electron chi connectivity index (χ3n) is 3.77. The monoisotopic (exact) mass is 318 g/mol. The molecule has 7 heteroatoms. The molecule has 2 aromatic rings. The van der Waals surface area contributed by atoms with Crippen LogP contribution < -0.4 is 5.32 Å². The number of fused-ring (bicyclic) bond motifs is 1. The van der Waals surface area contributed by atoms with E-state index in [-0.39, 0.29) is 18.6 Å². The first-order chi connectivity index (χ1) is 10.9. The number of benzene rings is 1. The highest BCUT2D eigenvalue weighted by atomic mass is 16.5. The predicted octanol–water partition coefficient (Wildman–Crippen LogP) is 1.77. The summed E-state index contributed by atoms with van der Waals surface area (Å²) in [6.07, 6.45) is 0. The van der Waals surface area contributed by atoms with E-state index in [0.717, 1.165) is 5.52 Å². The van der Waals surface area contributed by atoms with Crippen molar-refractivity contribution in [2.24, 2.45) is 5.92 Å². The van der Waals surface area contributed by atoms with Crippen molar-refractivity contribution in [3.05, 3.63) is 23.8 Å². The van der Waals surface area contributed by atoms with Crippen LogP contribution in [-0.2, 0) is 16.1 Å². The van der Waals surface area contributed by atoms with Gasteiger partial charge in [0.1, 0.15) is 5.52 Å². The molecule has 7 nitrogen and oxygen atoms in total. The molecule has 0 bridgehead atoms. The summed E-state index contributed by atoms with van der Waals surface area (Å²) in [5.41, 5.74) is 1.83. The molecular formula is C16H22N4O3. The molecule has 1 atom stereocenters. The van der Waals surface area contributed by atoms with Crippen molar-refractivity contribution in [3.63, 3.8) is 0 Å². The fourth-order valence-corrected chi connectivity index (χ4v) is 2.01. The predicted molar refractivity (Wildman–Crippen MR) is 85.9 cm³/mol. The quantitative estimate of drug-likeness (QED) is 0.820. The van der Waals surface area contributed by atoms with E-state index < -0.39 is 5.97 Å². The van der Waals surface area contributed by atoms with E-state index >= 15 is 0 Å². The lowest BCUT2D eigenvalue weighted by atomic mass is 10.1. The number of hydrogen-bond acceptors (Lipinski definition) is 5. The molecule has 1 amide bonds. The summed E-state index contributed by atoms with van der Waals surface area (Å²) in [4.78, 5) is 23.8. The number of esters is 1. The molecule has 0 aliphatic carbocycles. The van der Waals surface area contributed by atoms with Gasteiger partial charge in [0.25, 0.3) is 5.91 Å². The third-order valence-corrected chi connectivity index (χ3v) is 3.77. The van der Waals surface area contributed by atoms with Crippen LogP contribution in [0.2, 0.25) is 0 Å². The first-order valence-electron chi connectivity index (χ1n) is 7.72. The van der Waals surface area contributed by atoms with Crippen molar-refractivity contribution in [1.29, 1.82) is 0 Å².